The molecule has 112 valence electrons. The Kier molecular flexibility index (Phi) is 14.6. The van der Waals surface area contributed by atoms with Gasteiger partial charge in [0.2, 0.25) is 0 Å². The summed E-state index contributed by atoms with van der Waals surface area (Å²) in [5.41, 5.74) is 0. The summed E-state index contributed by atoms with van der Waals surface area (Å²) >= 11 is 0. The van der Waals surface area contributed by atoms with Crippen LogP contribution in [0.25, 0.3) is 0 Å². The molecule has 0 unspecified atom stereocenters. The van der Waals surface area contributed by atoms with Crippen molar-refractivity contribution in [2.75, 3.05) is 0 Å². The van der Waals surface area contributed by atoms with Gasteiger partial charge < -0.3 is 9.90 Å². The molecule has 0 aliphatic carbocycles. The maximum absolute atomic E-state index is 10.2. The zero-order chi connectivity index (χ0) is 14.2. The first-order valence-corrected chi connectivity index (χ1v) is 8.12. The molecule has 0 aliphatic heterocycles. The lowest BCUT2D eigenvalue weighted by molar-refractivity contribution is -0.305. The van der Waals surface area contributed by atoms with Crippen LogP contribution in [0.15, 0.2) is 12.2 Å². The van der Waals surface area contributed by atoms with Gasteiger partial charge in [-0.3, -0.25) is 0 Å². The number of carboxylic acids is 1. The Morgan fingerprint density at radius 2 is 1.26 bits per heavy atom. The fraction of sp³-hybridized carbons (Fsp3) is 0.824. The van der Waals surface area contributed by atoms with E-state index in [4.69, 9.17) is 0 Å². The molecular weight excluding hydrogens is 236 g/mol. The van der Waals surface area contributed by atoms with Crippen LogP contribution in [0, 0.1) is 0 Å². The summed E-state index contributed by atoms with van der Waals surface area (Å²) in [6, 6.07) is 0. The SMILES string of the molecule is CCCCCC/C=C\CCCCCCCCC(=O)[O-]. The molecule has 0 N–H and O–H groups in total. The van der Waals surface area contributed by atoms with Gasteiger partial charge in [0.05, 0.1) is 0 Å². The number of unbranched alkanes of at least 4 members (excludes halogenated alkanes) is 10. The van der Waals surface area contributed by atoms with Crippen molar-refractivity contribution in [1.82, 2.24) is 0 Å². The minimum absolute atomic E-state index is 0.223. The van der Waals surface area contributed by atoms with Crippen LogP contribution in [-0.4, -0.2) is 5.97 Å². The molecule has 2 nitrogen and oxygen atoms in total. The number of hydrogen-bond acceptors (Lipinski definition) is 2. The fourth-order valence-corrected chi connectivity index (χ4v) is 2.16. The fourth-order valence-electron chi connectivity index (χ4n) is 2.16. The Bertz CT molecular complexity index is 221. The average molecular weight is 267 g/mol. The molecule has 0 rings (SSSR count). The van der Waals surface area contributed by atoms with Gasteiger partial charge in [-0.15, -0.1) is 0 Å². The molecule has 0 amide bonds. The van der Waals surface area contributed by atoms with E-state index in [1.54, 1.807) is 0 Å². The van der Waals surface area contributed by atoms with Crippen molar-refractivity contribution in [1.29, 1.82) is 0 Å². The largest absolute Gasteiger partial charge is 0.550 e. The molecule has 0 aromatic heterocycles. The van der Waals surface area contributed by atoms with E-state index in [0.29, 0.717) is 0 Å². The molecule has 0 heterocycles. The summed E-state index contributed by atoms with van der Waals surface area (Å²) in [4.78, 5) is 10.2. The summed E-state index contributed by atoms with van der Waals surface area (Å²) < 4.78 is 0. The summed E-state index contributed by atoms with van der Waals surface area (Å²) in [7, 11) is 0. The zero-order valence-electron chi connectivity index (χ0n) is 12.7. The van der Waals surface area contributed by atoms with Gasteiger partial charge in [-0.25, -0.2) is 0 Å². The summed E-state index contributed by atoms with van der Waals surface area (Å²) in [5, 5.41) is 10.2. The topological polar surface area (TPSA) is 40.1 Å². The van der Waals surface area contributed by atoms with Crippen LogP contribution >= 0.6 is 0 Å². The van der Waals surface area contributed by atoms with Crippen LogP contribution in [0.4, 0.5) is 0 Å². The second kappa shape index (κ2) is 15.3. The second-order valence-corrected chi connectivity index (χ2v) is 5.35. The van der Waals surface area contributed by atoms with Crippen molar-refractivity contribution in [2.45, 2.75) is 90.4 Å². The second-order valence-electron chi connectivity index (χ2n) is 5.35. The van der Waals surface area contributed by atoms with E-state index in [0.717, 1.165) is 19.3 Å². The Labute approximate surface area is 119 Å². The van der Waals surface area contributed by atoms with Gasteiger partial charge in [0.1, 0.15) is 0 Å². The van der Waals surface area contributed by atoms with E-state index in [2.05, 4.69) is 19.1 Å². The van der Waals surface area contributed by atoms with Gasteiger partial charge in [0.15, 0.2) is 0 Å². The minimum Gasteiger partial charge on any atom is -0.550 e. The molecule has 0 aromatic carbocycles. The molecule has 0 saturated carbocycles. The molecule has 19 heavy (non-hydrogen) atoms. The number of carbonyl (C=O) groups is 1. The summed E-state index contributed by atoms with van der Waals surface area (Å²) in [6.45, 7) is 2.24. The quantitative estimate of drug-likeness (QED) is 0.346. The van der Waals surface area contributed by atoms with Crippen LogP contribution < -0.4 is 5.11 Å². The average Bonchev–Trinajstić information content (AvgIpc) is 2.39. The van der Waals surface area contributed by atoms with Crippen molar-refractivity contribution in [3.05, 3.63) is 12.2 Å². The molecule has 0 saturated heterocycles. The Balaban J connectivity index is 3.05. The highest BCUT2D eigenvalue weighted by Gasteiger charge is 1.91. The number of carbonyl (C=O) groups excluding carboxylic acids is 1. The lowest BCUT2D eigenvalue weighted by atomic mass is 10.1. The third-order valence-electron chi connectivity index (χ3n) is 3.39. The van der Waals surface area contributed by atoms with Crippen molar-refractivity contribution in [3.63, 3.8) is 0 Å². The maximum atomic E-state index is 10.2. The Morgan fingerprint density at radius 1 is 0.789 bits per heavy atom. The van der Waals surface area contributed by atoms with Crippen molar-refractivity contribution < 1.29 is 9.90 Å². The predicted molar refractivity (Wildman–Crippen MR) is 79.8 cm³/mol. The molecule has 0 bridgehead atoms. The maximum Gasteiger partial charge on any atom is 0.0414 e. The highest BCUT2D eigenvalue weighted by atomic mass is 16.4. The van der Waals surface area contributed by atoms with E-state index in [9.17, 15) is 9.90 Å². The monoisotopic (exact) mass is 267 g/mol. The molecular formula is C17H31O2-. The molecule has 0 radical (unpaired) electrons. The van der Waals surface area contributed by atoms with Crippen LogP contribution in [0.5, 0.6) is 0 Å². The van der Waals surface area contributed by atoms with Gasteiger partial charge in [0.25, 0.3) is 0 Å². The standard InChI is InChI=1S/C17H32O2/c1-2-3-4-5-6-7-8-9-10-11-12-13-14-15-16-17(18)19/h7-8H,2-6,9-16H2,1H3,(H,18,19)/p-1/b8-7-. The van der Waals surface area contributed by atoms with Gasteiger partial charge in [-0.2, -0.15) is 0 Å². The van der Waals surface area contributed by atoms with E-state index in [-0.39, 0.29) is 6.42 Å². The van der Waals surface area contributed by atoms with Crippen LogP contribution in [-0.2, 0) is 4.79 Å². The highest BCUT2D eigenvalue weighted by Crippen LogP contribution is 2.09. The van der Waals surface area contributed by atoms with Crippen molar-refractivity contribution >= 4 is 5.97 Å². The third kappa shape index (κ3) is 17.2. The van der Waals surface area contributed by atoms with E-state index in [1.165, 1.54) is 57.8 Å². The molecule has 0 atom stereocenters. The Morgan fingerprint density at radius 3 is 1.79 bits per heavy atom. The lowest BCUT2D eigenvalue weighted by Crippen LogP contribution is -2.21. The van der Waals surface area contributed by atoms with Crippen LogP contribution in [0.2, 0.25) is 0 Å². The van der Waals surface area contributed by atoms with Crippen LogP contribution in [0.1, 0.15) is 90.4 Å². The van der Waals surface area contributed by atoms with Gasteiger partial charge >= 0.3 is 0 Å². The summed E-state index contributed by atoms with van der Waals surface area (Å²) in [6.07, 6.45) is 19.4. The first-order valence-electron chi connectivity index (χ1n) is 8.12. The number of carboxylic acid groups (broad SMARTS) is 1. The van der Waals surface area contributed by atoms with Crippen molar-refractivity contribution in [2.24, 2.45) is 0 Å². The van der Waals surface area contributed by atoms with Gasteiger partial charge in [-0.05, 0) is 38.5 Å². The van der Waals surface area contributed by atoms with E-state index >= 15 is 0 Å². The molecule has 0 aliphatic rings. The number of allylic oxidation sites excluding steroid dienone is 2. The van der Waals surface area contributed by atoms with Gasteiger partial charge in [0, 0.05) is 5.97 Å². The van der Waals surface area contributed by atoms with Crippen molar-refractivity contribution in [3.8, 4) is 0 Å². The molecule has 0 aromatic rings. The normalized spacial score (nSPS) is 11.2. The first-order chi connectivity index (χ1) is 9.27. The number of aliphatic carboxylic acids is 1. The highest BCUT2D eigenvalue weighted by molar-refractivity contribution is 5.63. The molecule has 0 fully saturated rings. The molecule has 2 heteroatoms. The smallest absolute Gasteiger partial charge is 0.0414 e. The van der Waals surface area contributed by atoms with Gasteiger partial charge in [-0.1, -0.05) is 64.0 Å². The lowest BCUT2D eigenvalue weighted by Gasteiger charge is -2.02. The number of rotatable bonds is 14. The Hall–Kier alpha value is -0.790. The minimum atomic E-state index is -0.913. The van der Waals surface area contributed by atoms with E-state index in [1.807, 2.05) is 0 Å². The summed E-state index contributed by atoms with van der Waals surface area (Å²) in [5.74, 6) is -0.913. The number of hydrogen-bond donors (Lipinski definition) is 0. The first kappa shape index (κ1) is 18.2. The zero-order valence-corrected chi connectivity index (χ0v) is 12.7. The van der Waals surface area contributed by atoms with Crippen LogP contribution in [0.3, 0.4) is 0 Å². The predicted octanol–water partition coefficient (Wildman–Crippen LogP) is 4.38. The third-order valence-corrected chi connectivity index (χ3v) is 3.39. The van der Waals surface area contributed by atoms with E-state index < -0.39 is 5.97 Å². The molecule has 0 spiro atoms.